The Hall–Kier alpha value is -1.00. The van der Waals surface area contributed by atoms with Gasteiger partial charge in [-0.2, -0.15) is 0 Å². The molecule has 1 aromatic heterocycles. The Morgan fingerprint density at radius 3 is 2.56 bits per heavy atom. The van der Waals surface area contributed by atoms with E-state index in [2.05, 4.69) is 17.3 Å². The zero-order valence-electron chi connectivity index (χ0n) is 11.2. The summed E-state index contributed by atoms with van der Waals surface area (Å²) in [7, 11) is 0. The van der Waals surface area contributed by atoms with Crippen LogP contribution >= 0.6 is 0 Å². The summed E-state index contributed by atoms with van der Waals surface area (Å²) < 4.78 is 12.8. The number of pyridine rings is 1. The molecule has 0 amide bonds. The Bertz CT molecular complexity index is 313. The Balaban J connectivity index is 2.27. The Morgan fingerprint density at radius 1 is 1.22 bits per heavy atom. The molecule has 0 aliphatic heterocycles. The largest absolute Gasteiger partial charge is 0.271 e. The fourth-order valence-electron chi connectivity index (χ4n) is 2.04. The van der Waals surface area contributed by atoms with Crippen molar-refractivity contribution < 1.29 is 4.39 Å². The summed E-state index contributed by atoms with van der Waals surface area (Å²) in [6.45, 7) is 2.22. The second-order valence-electron chi connectivity index (χ2n) is 4.68. The predicted molar refractivity (Wildman–Crippen MR) is 72.3 cm³/mol. The van der Waals surface area contributed by atoms with Crippen LogP contribution in [0.25, 0.3) is 0 Å². The molecule has 1 unspecified atom stereocenters. The van der Waals surface area contributed by atoms with E-state index in [-0.39, 0.29) is 11.9 Å². The molecule has 0 aromatic carbocycles. The molecule has 0 fully saturated rings. The molecular formula is C14H24FN3. The lowest BCUT2D eigenvalue weighted by molar-refractivity contribution is 0.467. The minimum absolute atomic E-state index is 0.0248. The molecule has 0 saturated carbocycles. The van der Waals surface area contributed by atoms with E-state index in [1.54, 1.807) is 6.07 Å². The molecule has 0 aliphatic carbocycles. The van der Waals surface area contributed by atoms with Crippen molar-refractivity contribution in [1.82, 2.24) is 10.4 Å². The van der Waals surface area contributed by atoms with Gasteiger partial charge in [0.25, 0.3) is 0 Å². The summed E-state index contributed by atoms with van der Waals surface area (Å²) in [4.78, 5) is 4.06. The van der Waals surface area contributed by atoms with Crippen molar-refractivity contribution in [3.8, 4) is 0 Å². The van der Waals surface area contributed by atoms with Crippen LogP contribution in [0.5, 0.6) is 0 Å². The van der Waals surface area contributed by atoms with Gasteiger partial charge in [0.05, 0.1) is 17.9 Å². The minimum Gasteiger partial charge on any atom is -0.271 e. The van der Waals surface area contributed by atoms with Crippen molar-refractivity contribution in [2.75, 3.05) is 0 Å². The second kappa shape index (κ2) is 9.00. The van der Waals surface area contributed by atoms with Crippen molar-refractivity contribution >= 4 is 0 Å². The fourth-order valence-corrected chi connectivity index (χ4v) is 2.04. The zero-order chi connectivity index (χ0) is 13.2. The molecule has 0 saturated heterocycles. The first-order valence-corrected chi connectivity index (χ1v) is 6.85. The van der Waals surface area contributed by atoms with Crippen LogP contribution in [-0.4, -0.2) is 4.98 Å². The van der Waals surface area contributed by atoms with Gasteiger partial charge in [-0.05, 0) is 18.6 Å². The van der Waals surface area contributed by atoms with Gasteiger partial charge in [-0.25, -0.2) is 4.39 Å². The SMILES string of the molecule is CCCCCCCCC(NN)c1ccc(F)cn1. The maximum absolute atomic E-state index is 12.8. The van der Waals surface area contributed by atoms with Gasteiger partial charge >= 0.3 is 0 Å². The third-order valence-electron chi connectivity index (χ3n) is 3.15. The third-order valence-corrected chi connectivity index (χ3v) is 3.15. The number of hydrazine groups is 1. The van der Waals surface area contributed by atoms with Crippen molar-refractivity contribution in [3.05, 3.63) is 29.8 Å². The first kappa shape index (κ1) is 15.1. The summed E-state index contributed by atoms with van der Waals surface area (Å²) >= 11 is 0. The summed E-state index contributed by atoms with van der Waals surface area (Å²) in [5.74, 6) is 5.21. The van der Waals surface area contributed by atoms with E-state index in [1.165, 1.54) is 44.4 Å². The first-order valence-electron chi connectivity index (χ1n) is 6.85. The molecule has 1 aromatic rings. The van der Waals surface area contributed by atoms with Gasteiger partial charge in [0.15, 0.2) is 0 Å². The minimum atomic E-state index is -0.311. The zero-order valence-corrected chi connectivity index (χ0v) is 11.2. The number of hydrogen-bond donors (Lipinski definition) is 2. The summed E-state index contributed by atoms with van der Waals surface area (Å²) in [5, 5.41) is 0. The number of aromatic nitrogens is 1. The molecule has 1 rings (SSSR count). The van der Waals surface area contributed by atoms with Crippen molar-refractivity contribution in [3.63, 3.8) is 0 Å². The van der Waals surface area contributed by atoms with Crippen molar-refractivity contribution in [2.45, 2.75) is 57.9 Å². The van der Waals surface area contributed by atoms with Gasteiger partial charge in [-0.3, -0.25) is 16.3 Å². The first-order chi connectivity index (χ1) is 8.77. The highest BCUT2D eigenvalue weighted by atomic mass is 19.1. The number of rotatable bonds is 9. The van der Waals surface area contributed by atoms with Gasteiger partial charge < -0.3 is 0 Å². The van der Waals surface area contributed by atoms with Gasteiger partial charge in [0.2, 0.25) is 0 Å². The molecule has 3 nitrogen and oxygen atoms in total. The van der Waals surface area contributed by atoms with Gasteiger partial charge in [0.1, 0.15) is 5.82 Å². The molecule has 1 heterocycles. The lowest BCUT2D eigenvalue weighted by Gasteiger charge is -2.15. The lowest BCUT2D eigenvalue weighted by atomic mass is 10.0. The van der Waals surface area contributed by atoms with E-state index in [0.29, 0.717) is 0 Å². The average Bonchev–Trinajstić information content (AvgIpc) is 2.39. The number of nitrogens with zero attached hydrogens (tertiary/aromatic N) is 1. The molecule has 4 heteroatoms. The average molecular weight is 253 g/mol. The van der Waals surface area contributed by atoms with E-state index < -0.39 is 0 Å². The molecule has 3 N–H and O–H groups in total. The van der Waals surface area contributed by atoms with E-state index >= 15 is 0 Å². The Morgan fingerprint density at radius 2 is 1.94 bits per heavy atom. The summed E-state index contributed by atoms with van der Waals surface area (Å²) in [5.41, 5.74) is 3.57. The molecule has 0 spiro atoms. The smallest absolute Gasteiger partial charge is 0.141 e. The van der Waals surface area contributed by atoms with Gasteiger partial charge in [0, 0.05) is 0 Å². The number of nitrogens with two attached hydrogens (primary N) is 1. The second-order valence-corrected chi connectivity index (χ2v) is 4.68. The topological polar surface area (TPSA) is 50.9 Å². The van der Waals surface area contributed by atoms with E-state index in [4.69, 9.17) is 5.84 Å². The number of halogens is 1. The molecule has 1 atom stereocenters. The molecule has 0 radical (unpaired) electrons. The molecule has 0 aliphatic rings. The van der Waals surface area contributed by atoms with E-state index in [1.807, 2.05) is 0 Å². The van der Waals surface area contributed by atoms with Gasteiger partial charge in [-0.15, -0.1) is 0 Å². The van der Waals surface area contributed by atoms with Gasteiger partial charge in [-0.1, -0.05) is 45.4 Å². The van der Waals surface area contributed by atoms with Crippen LogP contribution in [0.3, 0.4) is 0 Å². The highest BCUT2D eigenvalue weighted by Gasteiger charge is 2.10. The van der Waals surface area contributed by atoms with Crippen LogP contribution in [0, 0.1) is 5.82 Å². The molecule has 0 bridgehead atoms. The quantitative estimate of drug-likeness (QED) is 0.402. The van der Waals surface area contributed by atoms with Crippen molar-refractivity contribution in [2.24, 2.45) is 5.84 Å². The normalized spacial score (nSPS) is 12.6. The summed E-state index contributed by atoms with van der Waals surface area (Å²) in [6, 6.07) is 3.14. The van der Waals surface area contributed by atoms with Crippen LogP contribution in [0.2, 0.25) is 0 Å². The number of unbranched alkanes of at least 4 members (excludes halogenated alkanes) is 5. The van der Waals surface area contributed by atoms with Crippen LogP contribution in [0.1, 0.15) is 63.6 Å². The third kappa shape index (κ3) is 5.56. The summed E-state index contributed by atoms with van der Waals surface area (Å²) in [6.07, 6.45) is 9.71. The Kier molecular flexibility index (Phi) is 7.53. The van der Waals surface area contributed by atoms with Crippen LogP contribution in [0.4, 0.5) is 4.39 Å². The van der Waals surface area contributed by atoms with E-state index in [0.717, 1.165) is 18.5 Å². The van der Waals surface area contributed by atoms with Crippen LogP contribution < -0.4 is 11.3 Å². The molecule has 102 valence electrons. The van der Waals surface area contributed by atoms with E-state index in [9.17, 15) is 4.39 Å². The maximum atomic E-state index is 12.8. The monoisotopic (exact) mass is 253 g/mol. The number of hydrogen-bond acceptors (Lipinski definition) is 3. The fraction of sp³-hybridized carbons (Fsp3) is 0.643. The standard InChI is InChI=1S/C14H24FN3/c1-2-3-4-5-6-7-8-14(18-16)13-10-9-12(15)11-17-13/h9-11,14,18H,2-8,16H2,1H3. The Labute approximate surface area is 109 Å². The maximum Gasteiger partial charge on any atom is 0.141 e. The highest BCUT2D eigenvalue weighted by molar-refractivity contribution is 5.09. The van der Waals surface area contributed by atoms with Crippen LogP contribution in [-0.2, 0) is 0 Å². The highest BCUT2D eigenvalue weighted by Crippen LogP contribution is 2.18. The van der Waals surface area contributed by atoms with Crippen molar-refractivity contribution in [1.29, 1.82) is 0 Å². The molecular weight excluding hydrogens is 229 g/mol. The lowest BCUT2D eigenvalue weighted by Crippen LogP contribution is -2.28. The number of nitrogens with one attached hydrogen (secondary N) is 1. The molecule has 18 heavy (non-hydrogen) atoms. The van der Waals surface area contributed by atoms with Crippen LogP contribution in [0.15, 0.2) is 18.3 Å². The predicted octanol–water partition coefficient (Wildman–Crippen LogP) is 3.48.